The van der Waals surface area contributed by atoms with E-state index >= 15 is 0 Å². The van der Waals surface area contributed by atoms with Crippen molar-refractivity contribution in [3.63, 3.8) is 0 Å². The van der Waals surface area contributed by atoms with Gasteiger partial charge in [-0.25, -0.2) is 9.78 Å². The highest BCUT2D eigenvalue weighted by atomic mass is 16.4. The van der Waals surface area contributed by atoms with Crippen LogP contribution in [0.5, 0.6) is 0 Å². The molecular formula is C18H16N4O3. The Morgan fingerprint density at radius 2 is 1.92 bits per heavy atom. The number of hydrogen-bond acceptors (Lipinski definition) is 5. The topological polar surface area (TPSA) is 99.8 Å². The van der Waals surface area contributed by atoms with E-state index in [0.29, 0.717) is 5.76 Å². The van der Waals surface area contributed by atoms with Crippen LogP contribution in [0, 0.1) is 0 Å². The molecule has 0 fully saturated rings. The molecule has 0 radical (unpaired) electrons. The molecule has 3 rings (SSSR count). The molecule has 0 atom stereocenters. The summed E-state index contributed by atoms with van der Waals surface area (Å²) in [6, 6.07) is 15.1. The van der Waals surface area contributed by atoms with E-state index in [-0.39, 0.29) is 6.54 Å². The van der Waals surface area contributed by atoms with Crippen LogP contribution in [0.2, 0.25) is 0 Å². The molecule has 1 amide bonds. The average Bonchev–Trinajstić information content (AvgIpc) is 3.16. The number of carboxylic acid groups (broad SMARTS) is 1. The smallest absolute Gasteiger partial charge is 0.404 e. The molecule has 0 saturated heterocycles. The van der Waals surface area contributed by atoms with Crippen LogP contribution >= 0.6 is 0 Å². The Labute approximate surface area is 144 Å². The standard InChI is InChI=1S/C18H16N4O3/c23-18(24)20-9-13-1-3-14(4-2-13)10-21-22-16-7-5-15(6-8-16)17-11-19-12-25-17/h1-8,10-12,20,22H,9H2,(H,23,24). The van der Waals surface area contributed by atoms with Crippen molar-refractivity contribution in [3.8, 4) is 11.3 Å². The number of hydrazone groups is 1. The molecule has 3 aromatic rings. The normalized spacial score (nSPS) is 10.7. The van der Waals surface area contributed by atoms with Gasteiger partial charge in [-0.3, -0.25) is 5.43 Å². The van der Waals surface area contributed by atoms with Gasteiger partial charge in [-0.1, -0.05) is 24.3 Å². The van der Waals surface area contributed by atoms with Gasteiger partial charge in [0.2, 0.25) is 0 Å². The Morgan fingerprint density at radius 1 is 1.16 bits per heavy atom. The summed E-state index contributed by atoms with van der Waals surface area (Å²) >= 11 is 0. The molecule has 0 aliphatic carbocycles. The molecule has 1 heterocycles. The number of oxazole rings is 1. The van der Waals surface area contributed by atoms with E-state index in [2.05, 4.69) is 20.8 Å². The number of anilines is 1. The van der Waals surface area contributed by atoms with E-state index in [4.69, 9.17) is 9.52 Å². The van der Waals surface area contributed by atoms with Gasteiger partial charge in [-0.15, -0.1) is 0 Å². The fraction of sp³-hybridized carbons (Fsp3) is 0.0556. The molecule has 126 valence electrons. The van der Waals surface area contributed by atoms with Crippen LogP contribution in [-0.2, 0) is 6.54 Å². The Hall–Kier alpha value is -3.61. The van der Waals surface area contributed by atoms with Crippen molar-refractivity contribution in [1.29, 1.82) is 0 Å². The van der Waals surface area contributed by atoms with Gasteiger partial charge in [0, 0.05) is 12.1 Å². The molecule has 0 aliphatic heterocycles. The maximum atomic E-state index is 10.5. The van der Waals surface area contributed by atoms with Crippen molar-refractivity contribution in [2.45, 2.75) is 6.54 Å². The minimum absolute atomic E-state index is 0.280. The van der Waals surface area contributed by atoms with E-state index in [1.54, 1.807) is 12.4 Å². The molecule has 0 saturated carbocycles. The number of benzene rings is 2. The second kappa shape index (κ2) is 7.78. The molecule has 7 nitrogen and oxygen atoms in total. The zero-order valence-electron chi connectivity index (χ0n) is 13.2. The first-order valence-electron chi connectivity index (χ1n) is 7.54. The Morgan fingerprint density at radius 3 is 2.56 bits per heavy atom. The van der Waals surface area contributed by atoms with Crippen molar-refractivity contribution in [2.75, 3.05) is 5.43 Å². The van der Waals surface area contributed by atoms with Crippen LogP contribution in [0.25, 0.3) is 11.3 Å². The number of nitrogens with one attached hydrogen (secondary N) is 2. The minimum Gasteiger partial charge on any atom is -0.465 e. The first kappa shape index (κ1) is 16.3. The Bertz CT molecular complexity index is 841. The van der Waals surface area contributed by atoms with Crippen molar-refractivity contribution in [1.82, 2.24) is 10.3 Å². The molecule has 0 unspecified atom stereocenters. The van der Waals surface area contributed by atoms with E-state index in [9.17, 15) is 4.79 Å². The summed E-state index contributed by atoms with van der Waals surface area (Å²) in [6.45, 7) is 0.280. The summed E-state index contributed by atoms with van der Waals surface area (Å²) in [5, 5.41) is 15.1. The summed E-state index contributed by atoms with van der Waals surface area (Å²) in [5.74, 6) is 0.715. The van der Waals surface area contributed by atoms with Crippen LogP contribution in [-0.4, -0.2) is 22.4 Å². The predicted octanol–water partition coefficient (Wildman–Crippen LogP) is 3.56. The number of hydrogen-bond donors (Lipinski definition) is 3. The Balaban J connectivity index is 1.55. The molecule has 2 aromatic carbocycles. The Kier molecular flexibility index (Phi) is 5.06. The molecule has 1 aromatic heterocycles. The van der Waals surface area contributed by atoms with Crippen molar-refractivity contribution in [3.05, 3.63) is 72.2 Å². The van der Waals surface area contributed by atoms with E-state index < -0.39 is 6.09 Å². The number of nitrogens with zero attached hydrogens (tertiary/aromatic N) is 2. The van der Waals surface area contributed by atoms with E-state index in [0.717, 1.165) is 22.4 Å². The maximum Gasteiger partial charge on any atom is 0.404 e. The molecular weight excluding hydrogens is 320 g/mol. The molecule has 0 bridgehead atoms. The molecule has 0 spiro atoms. The van der Waals surface area contributed by atoms with Crippen LogP contribution in [0.3, 0.4) is 0 Å². The van der Waals surface area contributed by atoms with E-state index in [1.165, 1.54) is 6.39 Å². The van der Waals surface area contributed by atoms with Gasteiger partial charge in [-0.05, 0) is 35.4 Å². The van der Waals surface area contributed by atoms with Crippen molar-refractivity contribution in [2.24, 2.45) is 5.10 Å². The number of aromatic nitrogens is 1. The third kappa shape index (κ3) is 4.68. The fourth-order valence-corrected chi connectivity index (χ4v) is 2.15. The first-order chi connectivity index (χ1) is 12.2. The van der Waals surface area contributed by atoms with Gasteiger partial charge in [0.15, 0.2) is 12.2 Å². The fourth-order valence-electron chi connectivity index (χ4n) is 2.15. The van der Waals surface area contributed by atoms with Gasteiger partial charge in [0.25, 0.3) is 0 Å². The van der Waals surface area contributed by atoms with Gasteiger partial charge in [-0.2, -0.15) is 5.10 Å². The SMILES string of the molecule is O=C(O)NCc1ccc(C=NNc2ccc(-c3cnco3)cc2)cc1. The summed E-state index contributed by atoms with van der Waals surface area (Å²) in [6.07, 6.45) is 3.72. The predicted molar refractivity (Wildman–Crippen MR) is 94.5 cm³/mol. The largest absolute Gasteiger partial charge is 0.465 e. The van der Waals surface area contributed by atoms with Crippen molar-refractivity contribution >= 4 is 18.0 Å². The van der Waals surface area contributed by atoms with Gasteiger partial charge in [0.05, 0.1) is 18.1 Å². The zero-order valence-corrected chi connectivity index (χ0v) is 13.2. The van der Waals surface area contributed by atoms with Crippen LogP contribution in [0.15, 0.2) is 70.6 Å². The lowest BCUT2D eigenvalue weighted by atomic mass is 10.1. The lowest BCUT2D eigenvalue weighted by molar-refractivity contribution is 0.194. The van der Waals surface area contributed by atoms with Crippen LogP contribution in [0.4, 0.5) is 10.5 Å². The van der Waals surface area contributed by atoms with Crippen LogP contribution in [0.1, 0.15) is 11.1 Å². The third-order valence-corrected chi connectivity index (χ3v) is 3.43. The molecule has 0 aliphatic rings. The number of rotatable bonds is 6. The summed E-state index contributed by atoms with van der Waals surface area (Å²) in [4.78, 5) is 14.3. The molecule has 7 heteroatoms. The highest BCUT2D eigenvalue weighted by Gasteiger charge is 2.00. The van der Waals surface area contributed by atoms with Crippen LogP contribution < -0.4 is 10.7 Å². The number of carbonyl (C=O) groups is 1. The average molecular weight is 336 g/mol. The summed E-state index contributed by atoms with van der Waals surface area (Å²) in [5.41, 5.74) is 6.54. The molecule has 3 N–H and O–H groups in total. The lowest BCUT2D eigenvalue weighted by Gasteiger charge is -2.03. The lowest BCUT2D eigenvalue weighted by Crippen LogP contribution is -2.19. The summed E-state index contributed by atoms with van der Waals surface area (Å²) in [7, 11) is 0. The second-order valence-corrected chi connectivity index (χ2v) is 5.21. The van der Waals surface area contributed by atoms with Gasteiger partial charge in [0.1, 0.15) is 0 Å². The monoisotopic (exact) mass is 336 g/mol. The molecule has 25 heavy (non-hydrogen) atoms. The van der Waals surface area contributed by atoms with Gasteiger partial charge < -0.3 is 14.8 Å². The highest BCUT2D eigenvalue weighted by molar-refractivity contribution is 5.80. The third-order valence-electron chi connectivity index (χ3n) is 3.43. The highest BCUT2D eigenvalue weighted by Crippen LogP contribution is 2.20. The maximum absolute atomic E-state index is 10.5. The minimum atomic E-state index is -1.04. The zero-order chi connectivity index (χ0) is 17.5. The van der Waals surface area contributed by atoms with Gasteiger partial charge >= 0.3 is 6.09 Å². The van der Waals surface area contributed by atoms with E-state index in [1.807, 2.05) is 48.5 Å². The quantitative estimate of drug-likeness (QED) is 0.472. The number of amides is 1. The first-order valence-corrected chi connectivity index (χ1v) is 7.54. The second-order valence-electron chi connectivity index (χ2n) is 5.21. The van der Waals surface area contributed by atoms with Crippen molar-refractivity contribution < 1.29 is 14.3 Å². The summed E-state index contributed by atoms with van der Waals surface area (Å²) < 4.78 is 5.24.